The number of hydrogen-bond donors (Lipinski definition) is 4. The highest BCUT2D eigenvalue weighted by atomic mass is 35.5. The monoisotopic (exact) mass is 459 g/mol. The molecule has 9 heteroatoms. The number of aromatic hydroxyl groups is 1. The Hall–Kier alpha value is -3.42. The summed E-state index contributed by atoms with van der Waals surface area (Å²) in [6.07, 6.45) is 0. The highest BCUT2D eigenvalue weighted by Gasteiger charge is 2.17. The van der Waals surface area contributed by atoms with E-state index in [-0.39, 0.29) is 40.1 Å². The Morgan fingerprint density at radius 3 is 2.71 bits per heavy atom. The largest absolute Gasteiger partial charge is 0.508 e. The Labute approximate surface area is 186 Å². The number of aromatic nitrogens is 1. The number of rotatable bonds is 5. The number of carbonyl (C=O) groups excluding carboxylic acids is 1. The van der Waals surface area contributed by atoms with Crippen molar-refractivity contribution >= 4 is 45.7 Å². The number of H-pyrrole nitrogens is 1. The fraction of sp³-hybridized carbons (Fsp3) is 0.0455. The summed E-state index contributed by atoms with van der Waals surface area (Å²) in [4.78, 5) is 15.4. The van der Waals surface area contributed by atoms with E-state index in [0.717, 1.165) is 5.39 Å². The number of fused-ring (bicyclic) bond motifs is 1. The quantitative estimate of drug-likeness (QED) is 0.290. The van der Waals surface area contributed by atoms with Crippen molar-refractivity contribution in [1.82, 2.24) is 10.3 Å². The van der Waals surface area contributed by atoms with Crippen molar-refractivity contribution in [2.75, 3.05) is 5.73 Å². The van der Waals surface area contributed by atoms with E-state index in [2.05, 4.69) is 10.3 Å². The number of amides is 1. The molecular weight excluding hydrogens is 444 g/mol. The molecule has 0 atom stereocenters. The number of aromatic amines is 1. The summed E-state index contributed by atoms with van der Waals surface area (Å²) in [6.45, 7) is -0.101. The molecule has 31 heavy (non-hydrogen) atoms. The number of carbonyl (C=O) groups is 1. The lowest BCUT2D eigenvalue weighted by Crippen LogP contribution is -2.23. The van der Waals surface area contributed by atoms with Gasteiger partial charge in [0.2, 0.25) is 0 Å². The van der Waals surface area contributed by atoms with Crippen LogP contribution >= 0.6 is 23.2 Å². The summed E-state index contributed by atoms with van der Waals surface area (Å²) in [7, 11) is 0. The molecule has 1 aromatic heterocycles. The highest BCUT2D eigenvalue weighted by molar-refractivity contribution is 6.32. The smallest absolute Gasteiger partial charge is 0.267 e. The summed E-state index contributed by atoms with van der Waals surface area (Å²) in [5, 5.41) is 13.3. The van der Waals surface area contributed by atoms with E-state index in [4.69, 9.17) is 33.7 Å². The Kier molecular flexibility index (Phi) is 5.63. The van der Waals surface area contributed by atoms with E-state index in [1.165, 1.54) is 42.5 Å². The highest BCUT2D eigenvalue weighted by Crippen LogP contribution is 2.35. The Morgan fingerprint density at radius 2 is 1.94 bits per heavy atom. The fourth-order valence-corrected chi connectivity index (χ4v) is 3.49. The normalized spacial score (nSPS) is 10.9. The van der Waals surface area contributed by atoms with Crippen LogP contribution in [0, 0.1) is 5.82 Å². The lowest BCUT2D eigenvalue weighted by molar-refractivity contribution is 0.0946. The number of phenolic OH excluding ortho intramolecular Hbond substituents is 1. The third kappa shape index (κ3) is 4.52. The Balaban J connectivity index is 1.53. The van der Waals surface area contributed by atoms with Gasteiger partial charge in [-0.1, -0.05) is 29.3 Å². The van der Waals surface area contributed by atoms with Crippen molar-refractivity contribution in [2.24, 2.45) is 0 Å². The lowest BCUT2D eigenvalue weighted by atomic mass is 10.2. The molecule has 0 radical (unpaired) electrons. The third-order valence-corrected chi connectivity index (χ3v) is 5.05. The van der Waals surface area contributed by atoms with Gasteiger partial charge in [0.15, 0.2) is 11.6 Å². The van der Waals surface area contributed by atoms with E-state index >= 15 is 4.39 Å². The van der Waals surface area contributed by atoms with Crippen molar-refractivity contribution in [3.63, 3.8) is 0 Å². The number of ether oxygens (including phenoxy) is 1. The summed E-state index contributed by atoms with van der Waals surface area (Å²) in [6, 6.07) is 13.8. The molecule has 0 aliphatic rings. The van der Waals surface area contributed by atoms with E-state index in [1.807, 2.05) is 0 Å². The van der Waals surface area contributed by atoms with Crippen LogP contribution in [-0.4, -0.2) is 16.0 Å². The van der Waals surface area contributed by atoms with Crippen LogP contribution in [0.4, 0.5) is 10.1 Å². The zero-order valence-electron chi connectivity index (χ0n) is 15.9. The number of hydrogen-bond acceptors (Lipinski definition) is 4. The molecule has 0 saturated heterocycles. The number of anilines is 1. The zero-order chi connectivity index (χ0) is 22.1. The fourth-order valence-electron chi connectivity index (χ4n) is 3.07. The first-order chi connectivity index (χ1) is 14.8. The molecule has 0 aliphatic heterocycles. The lowest BCUT2D eigenvalue weighted by Gasteiger charge is -2.13. The number of halogens is 3. The second-order valence-electron chi connectivity index (χ2n) is 6.81. The average Bonchev–Trinajstić information content (AvgIpc) is 3.13. The number of phenols is 1. The third-order valence-electron chi connectivity index (χ3n) is 4.53. The van der Waals surface area contributed by atoms with E-state index < -0.39 is 11.7 Å². The van der Waals surface area contributed by atoms with Crippen molar-refractivity contribution in [3.05, 3.63) is 81.7 Å². The molecule has 4 aromatic rings. The summed E-state index contributed by atoms with van der Waals surface area (Å²) in [5.41, 5.74) is 7.16. The van der Waals surface area contributed by atoms with Crippen LogP contribution in [0.15, 0.2) is 54.6 Å². The minimum absolute atomic E-state index is 0.0570. The second kappa shape index (κ2) is 8.37. The van der Waals surface area contributed by atoms with Crippen LogP contribution in [0.5, 0.6) is 17.2 Å². The maximum atomic E-state index is 15.0. The molecule has 6 nitrogen and oxygen atoms in total. The first kappa shape index (κ1) is 20.8. The molecule has 5 N–H and O–H groups in total. The van der Waals surface area contributed by atoms with Crippen molar-refractivity contribution in [2.45, 2.75) is 6.54 Å². The Morgan fingerprint density at radius 1 is 1.13 bits per heavy atom. The average molecular weight is 460 g/mol. The number of nitrogens with one attached hydrogen (secondary N) is 2. The summed E-state index contributed by atoms with van der Waals surface area (Å²) in [5.74, 6) is -1.04. The van der Waals surface area contributed by atoms with Gasteiger partial charge in [0.05, 0.1) is 5.02 Å². The van der Waals surface area contributed by atoms with Gasteiger partial charge in [0.25, 0.3) is 5.91 Å². The Bertz CT molecular complexity index is 1290. The first-order valence-corrected chi connectivity index (χ1v) is 9.86. The van der Waals surface area contributed by atoms with Crippen LogP contribution in [-0.2, 0) is 6.54 Å². The summed E-state index contributed by atoms with van der Waals surface area (Å²) >= 11 is 12.1. The van der Waals surface area contributed by atoms with Gasteiger partial charge in [-0.3, -0.25) is 4.79 Å². The standard InChI is InChI=1S/C22H16Cl2FN3O3/c23-13-6-14(26)8-16(7-13)31-21-17(24)4-2-12(20(21)25)10-27-22(30)19-5-11-1-3-15(29)9-18(11)28-19/h1-9,28-29H,10,26H2,(H,27,30). The topological polar surface area (TPSA) is 100 Å². The van der Waals surface area contributed by atoms with Crippen molar-refractivity contribution in [1.29, 1.82) is 0 Å². The molecule has 0 fully saturated rings. The predicted molar refractivity (Wildman–Crippen MR) is 118 cm³/mol. The van der Waals surface area contributed by atoms with Gasteiger partial charge < -0.3 is 25.9 Å². The molecule has 0 aliphatic carbocycles. The first-order valence-electron chi connectivity index (χ1n) is 9.11. The molecule has 0 bridgehead atoms. The van der Waals surface area contributed by atoms with Gasteiger partial charge in [-0.25, -0.2) is 4.39 Å². The number of benzene rings is 3. The minimum atomic E-state index is -0.715. The molecule has 158 valence electrons. The molecule has 3 aromatic carbocycles. The van der Waals surface area contributed by atoms with Crippen LogP contribution < -0.4 is 15.8 Å². The number of nitrogen functional groups attached to an aromatic ring is 1. The van der Waals surface area contributed by atoms with Crippen molar-refractivity contribution < 1.29 is 19.0 Å². The molecule has 0 unspecified atom stereocenters. The van der Waals surface area contributed by atoms with Crippen LogP contribution in [0.25, 0.3) is 10.9 Å². The van der Waals surface area contributed by atoms with Gasteiger partial charge in [-0.05, 0) is 36.4 Å². The van der Waals surface area contributed by atoms with Gasteiger partial charge >= 0.3 is 0 Å². The van der Waals surface area contributed by atoms with E-state index in [0.29, 0.717) is 16.2 Å². The SMILES string of the molecule is Nc1cc(Cl)cc(Oc2c(Cl)ccc(CNC(=O)c3cc4ccc(O)cc4[nH]3)c2F)c1. The molecule has 0 saturated carbocycles. The van der Waals surface area contributed by atoms with Crippen LogP contribution in [0.3, 0.4) is 0 Å². The molecule has 1 amide bonds. The van der Waals surface area contributed by atoms with Crippen LogP contribution in [0.2, 0.25) is 10.0 Å². The van der Waals surface area contributed by atoms with E-state index in [9.17, 15) is 9.90 Å². The second-order valence-corrected chi connectivity index (χ2v) is 7.65. The van der Waals surface area contributed by atoms with Gasteiger partial charge in [0, 0.05) is 45.9 Å². The molecular formula is C22H16Cl2FN3O3. The maximum Gasteiger partial charge on any atom is 0.267 e. The molecule has 1 heterocycles. The maximum absolute atomic E-state index is 15.0. The molecule has 0 spiro atoms. The van der Waals surface area contributed by atoms with Gasteiger partial charge in [-0.15, -0.1) is 0 Å². The predicted octanol–water partition coefficient (Wildman–Crippen LogP) is 5.62. The number of nitrogens with two attached hydrogens (primary N) is 1. The van der Waals surface area contributed by atoms with Gasteiger partial charge in [-0.2, -0.15) is 0 Å². The van der Waals surface area contributed by atoms with Crippen LogP contribution in [0.1, 0.15) is 16.1 Å². The zero-order valence-corrected chi connectivity index (χ0v) is 17.4. The summed E-state index contributed by atoms with van der Waals surface area (Å²) < 4.78 is 20.6. The van der Waals surface area contributed by atoms with Gasteiger partial charge in [0.1, 0.15) is 17.2 Å². The van der Waals surface area contributed by atoms with E-state index in [1.54, 1.807) is 12.1 Å². The molecule has 4 rings (SSSR count). The van der Waals surface area contributed by atoms with Crippen molar-refractivity contribution in [3.8, 4) is 17.2 Å². The minimum Gasteiger partial charge on any atom is -0.508 e.